The van der Waals surface area contributed by atoms with E-state index in [1.54, 1.807) is 0 Å². The maximum absolute atomic E-state index is 11.6. The molecule has 0 amide bonds. The lowest BCUT2D eigenvalue weighted by atomic mass is 10.3. The van der Waals surface area contributed by atoms with Crippen LogP contribution in [0.4, 0.5) is 0 Å². The lowest BCUT2D eigenvalue weighted by Crippen LogP contribution is -2.33. The van der Waals surface area contributed by atoms with Gasteiger partial charge in [0.05, 0.1) is 0 Å². The van der Waals surface area contributed by atoms with Gasteiger partial charge in [-0.15, -0.1) is 10.2 Å². The van der Waals surface area contributed by atoms with Crippen LogP contribution in [-0.4, -0.2) is 21.1 Å². The molecule has 6 heteroatoms. The number of nitrogen functional groups attached to an aromatic ring is 1. The highest BCUT2D eigenvalue weighted by Gasteiger charge is 2.29. The Morgan fingerprint density at radius 1 is 1.54 bits per heavy atom. The molecule has 1 aromatic rings. The zero-order chi connectivity index (χ0) is 9.42. The molecular weight excluding hydrogens is 188 g/mol. The Bertz CT molecular complexity index is 385. The highest BCUT2D eigenvalue weighted by atomic mass is 32.2. The lowest BCUT2D eigenvalue weighted by molar-refractivity contribution is 0.667. The van der Waals surface area contributed by atoms with Gasteiger partial charge in [0, 0.05) is 5.92 Å². The normalized spacial score (nSPS) is 16.1. The van der Waals surface area contributed by atoms with E-state index in [0.717, 1.165) is 17.5 Å². The van der Waals surface area contributed by atoms with Crippen LogP contribution < -0.4 is 11.4 Å². The third-order valence-corrected chi connectivity index (χ3v) is 2.68. The zero-order valence-electron chi connectivity index (χ0n) is 7.23. The van der Waals surface area contributed by atoms with Crippen molar-refractivity contribution < 1.29 is 0 Å². The second-order valence-electron chi connectivity index (χ2n) is 3.02. The Kier molecular flexibility index (Phi) is 1.99. The van der Waals surface area contributed by atoms with Gasteiger partial charge in [-0.3, -0.25) is 4.79 Å². The number of hydrogen-bond acceptors (Lipinski definition) is 5. The zero-order valence-corrected chi connectivity index (χ0v) is 8.04. The van der Waals surface area contributed by atoms with E-state index in [9.17, 15) is 4.79 Å². The van der Waals surface area contributed by atoms with Crippen molar-refractivity contribution in [2.75, 3.05) is 12.1 Å². The Labute approximate surface area is 79.3 Å². The van der Waals surface area contributed by atoms with Crippen LogP contribution in [0.25, 0.3) is 0 Å². The van der Waals surface area contributed by atoms with Crippen molar-refractivity contribution in [2.24, 2.45) is 0 Å². The lowest BCUT2D eigenvalue weighted by Gasteiger charge is -2.03. The largest absolute Gasteiger partial charge is 0.334 e. The Morgan fingerprint density at radius 3 is 2.77 bits per heavy atom. The maximum Gasteiger partial charge on any atom is 0.294 e. The van der Waals surface area contributed by atoms with E-state index in [1.165, 1.54) is 11.8 Å². The van der Waals surface area contributed by atoms with Gasteiger partial charge >= 0.3 is 0 Å². The molecule has 1 aliphatic carbocycles. The molecule has 2 N–H and O–H groups in total. The predicted molar refractivity (Wildman–Crippen MR) is 50.2 cm³/mol. The summed E-state index contributed by atoms with van der Waals surface area (Å²) in [6.45, 7) is 0. The topological polar surface area (TPSA) is 73.8 Å². The molecule has 70 valence electrons. The molecule has 0 aromatic carbocycles. The van der Waals surface area contributed by atoms with Crippen LogP contribution in [0.1, 0.15) is 24.5 Å². The minimum absolute atomic E-state index is 0.207. The third kappa shape index (κ3) is 1.41. The highest BCUT2D eigenvalue weighted by Crippen LogP contribution is 2.36. The Hall–Kier alpha value is -1.04. The van der Waals surface area contributed by atoms with Gasteiger partial charge in [0.25, 0.3) is 5.56 Å². The second-order valence-corrected chi connectivity index (χ2v) is 3.79. The molecule has 1 aromatic heterocycles. The van der Waals surface area contributed by atoms with Crippen LogP contribution >= 0.6 is 11.8 Å². The number of nitrogens with two attached hydrogens (primary N) is 1. The summed E-state index contributed by atoms with van der Waals surface area (Å²) in [6.07, 6.45) is 3.87. The van der Waals surface area contributed by atoms with Crippen molar-refractivity contribution >= 4 is 11.8 Å². The molecule has 1 heterocycles. The molecule has 0 spiro atoms. The molecule has 5 nitrogen and oxygen atoms in total. The van der Waals surface area contributed by atoms with Crippen molar-refractivity contribution in [3.8, 4) is 0 Å². The number of aromatic nitrogens is 3. The molecule has 0 atom stereocenters. The quantitative estimate of drug-likeness (QED) is 0.533. The molecular formula is C7H10N4OS. The number of rotatable bonds is 2. The molecule has 1 aliphatic rings. The minimum Gasteiger partial charge on any atom is -0.334 e. The van der Waals surface area contributed by atoms with E-state index in [4.69, 9.17) is 5.84 Å². The molecule has 1 saturated carbocycles. The van der Waals surface area contributed by atoms with Crippen LogP contribution in [-0.2, 0) is 0 Å². The van der Waals surface area contributed by atoms with Crippen molar-refractivity contribution in [3.05, 3.63) is 16.0 Å². The van der Waals surface area contributed by atoms with E-state index in [2.05, 4.69) is 10.2 Å². The Balaban J connectivity index is 2.51. The fourth-order valence-corrected chi connectivity index (χ4v) is 1.55. The van der Waals surface area contributed by atoms with Gasteiger partial charge in [0.1, 0.15) is 5.69 Å². The number of hydrogen-bond donors (Lipinski definition) is 1. The summed E-state index contributed by atoms with van der Waals surface area (Å²) < 4.78 is 1.07. The van der Waals surface area contributed by atoms with Crippen molar-refractivity contribution in [1.29, 1.82) is 0 Å². The van der Waals surface area contributed by atoms with E-state index in [0.29, 0.717) is 16.8 Å². The van der Waals surface area contributed by atoms with Crippen molar-refractivity contribution in [1.82, 2.24) is 14.9 Å². The van der Waals surface area contributed by atoms with E-state index >= 15 is 0 Å². The first kappa shape index (κ1) is 8.55. The molecule has 13 heavy (non-hydrogen) atoms. The van der Waals surface area contributed by atoms with Gasteiger partial charge in [-0.05, 0) is 19.1 Å². The van der Waals surface area contributed by atoms with Crippen molar-refractivity contribution in [2.45, 2.75) is 23.9 Å². The van der Waals surface area contributed by atoms with E-state index < -0.39 is 0 Å². The Morgan fingerprint density at radius 2 is 2.23 bits per heavy atom. The van der Waals surface area contributed by atoms with E-state index in [-0.39, 0.29) is 5.56 Å². The first-order chi connectivity index (χ1) is 6.24. The molecule has 0 bridgehead atoms. The monoisotopic (exact) mass is 198 g/mol. The molecule has 2 rings (SSSR count). The maximum atomic E-state index is 11.6. The molecule has 0 aliphatic heterocycles. The standard InChI is InChI=1S/C7H10N4OS/c1-13-7-10-9-5(4-2-3-4)6(12)11(7)8/h4H,2-3,8H2,1H3. The van der Waals surface area contributed by atoms with Gasteiger partial charge in [-0.2, -0.15) is 4.68 Å². The first-order valence-electron chi connectivity index (χ1n) is 4.02. The average Bonchev–Trinajstić information content (AvgIpc) is 2.93. The smallest absolute Gasteiger partial charge is 0.294 e. The number of nitrogens with zero attached hydrogens (tertiary/aromatic N) is 3. The predicted octanol–water partition coefficient (Wildman–Crippen LogP) is -0.0486. The summed E-state index contributed by atoms with van der Waals surface area (Å²) in [7, 11) is 0. The summed E-state index contributed by atoms with van der Waals surface area (Å²) in [6, 6.07) is 0. The fourth-order valence-electron chi connectivity index (χ4n) is 1.15. The summed E-state index contributed by atoms with van der Waals surface area (Å²) in [4.78, 5) is 11.6. The van der Waals surface area contributed by atoms with Crippen LogP contribution in [0, 0.1) is 0 Å². The van der Waals surface area contributed by atoms with Crippen LogP contribution in [0.5, 0.6) is 0 Å². The van der Waals surface area contributed by atoms with Crippen LogP contribution in [0.3, 0.4) is 0 Å². The van der Waals surface area contributed by atoms with Gasteiger partial charge in [-0.25, -0.2) is 0 Å². The molecule has 1 fully saturated rings. The average molecular weight is 198 g/mol. The summed E-state index contributed by atoms with van der Waals surface area (Å²) in [5.41, 5.74) is 0.308. The van der Waals surface area contributed by atoms with Gasteiger partial charge < -0.3 is 5.84 Å². The van der Waals surface area contributed by atoms with Gasteiger partial charge in [0.15, 0.2) is 0 Å². The summed E-state index contributed by atoms with van der Waals surface area (Å²) in [5, 5.41) is 8.21. The van der Waals surface area contributed by atoms with Crippen LogP contribution in [0.2, 0.25) is 0 Å². The highest BCUT2D eigenvalue weighted by molar-refractivity contribution is 7.98. The fraction of sp³-hybridized carbons (Fsp3) is 0.571. The first-order valence-corrected chi connectivity index (χ1v) is 5.25. The van der Waals surface area contributed by atoms with Crippen molar-refractivity contribution in [3.63, 3.8) is 0 Å². The third-order valence-electron chi connectivity index (χ3n) is 2.03. The van der Waals surface area contributed by atoms with Gasteiger partial charge in [0.2, 0.25) is 5.16 Å². The second kappa shape index (κ2) is 3.02. The molecule has 0 saturated heterocycles. The van der Waals surface area contributed by atoms with Gasteiger partial charge in [-0.1, -0.05) is 11.8 Å². The number of thioether (sulfide) groups is 1. The molecule has 0 radical (unpaired) electrons. The minimum atomic E-state index is -0.207. The summed E-state index contributed by atoms with van der Waals surface area (Å²) in [5.74, 6) is 5.84. The molecule has 0 unspecified atom stereocenters. The SMILES string of the molecule is CSc1nnc(C2CC2)c(=O)n1N. The van der Waals surface area contributed by atoms with Crippen LogP contribution in [0.15, 0.2) is 9.95 Å². The summed E-state index contributed by atoms with van der Waals surface area (Å²) >= 11 is 1.31. The van der Waals surface area contributed by atoms with E-state index in [1.807, 2.05) is 6.26 Å².